The Morgan fingerprint density at radius 2 is 1.84 bits per heavy atom. The summed E-state index contributed by atoms with van der Waals surface area (Å²) >= 11 is 0. The summed E-state index contributed by atoms with van der Waals surface area (Å²) in [4.78, 5) is 8.78. The summed E-state index contributed by atoms with van der Waals surface area (Å²) in [6, 6.07) is 14.1. The van der Waals surface area contributed by atoms with Crippen molar-refractivity contribution in [2.75, 3.05) is 0 Å². The SMILES string of the molecule is Cn1c(/N=C/c2ccc(F)cc2)nc2ccccc21. The molecule has 0 unspecified atom stereocenters. The molecule has 0 fully saturated rings. The van der Waals surface area contributed by atoms with Gasteiger partial charge in [-0.05, 0) is 29.8 Å². The maximum absolute atomic E-state index is 12.8. The standard InChI is InChI=1S/C15H12FN3/c1-19-14-5-3-2-4-13(14)18-15(19)17-10-11-6-8-12(16)9-7-11/h2-10H,1H3/b17-10+. The summed E-state index contributed by atoms with van der Waals surface area (Å²) in [7, 11) is 1.92. The third-order valence-corrected chi connectivity index (χ3v) is 2.96. The van der Waals surface area contributed by atoms with Gasteiger partial charge in [-0.15, -0.1) is 0 Å². The maximum Gasteiger partial charge on any atom is 0.230 e. The molecule has 3 nitrogen and oxygen atoms in total. The van der Waals surface area contributed by atoms with Gasteiger partial charge in [0.2, 0.25) is 5.95 Å². The fraction of sp³-hybridized carbons (Fsp3) is 0.0667. The number of hydrogen-bond acceptors (Lipinski definition) is 2. The summed E-state index contributed by atoms with van der Waals surface area (Å²) in [6.07, 6.45) is 1.68. The summed E-state index contributed by atoms with van der Waals surface area (Å²) < 4.78 is 14.7. The van der Waals surface area contributed by atoms with Crippen molar-refractivity contribution >= 4 is 23.2 Å². The topological polar surface area (TPSA) is 30.2 Å². The van der Waals surface area contributed by atoms with Gasteiger partial charge in [-0.25, -0.2) is 14.4 Å². The van der Waals surface area contributed by atoms with Gasteiger partial charge in [-0.2, -0.15) is 0 Å². The van der Waals surface area contributed by atoms with Crippen LogP contribution in [-0.2, 0) is 7.05 Å². The van der Waals surface area contributed by atoms with E-state index in [0.29, 0.717) is 5.95 Å². The maximum atomic E-state index is 12.8. The largest absolute Gasteiger partial charge is 0.311 e. The molecule has 0 saturated carbocycles. The van der Waals surface area contributed by atoms with Crippen LogP contribution in [-0.4, -0.2) is 15.8 Å². The number of halogens is 1. The summed E-state index contributed by atoms with van der Waals surface area (Å²) in [5.74, 6) is 0.380. The zero-order valence-corrected chi connectivity index (χ0v) is 10.4. The molecule has 4 heteroatoms. The first-order valence-corrected chi connectivity index (χ1v) is 5.95. The molecule has 3 rings (SSSR count). The number of rotatable bonds is 2. The van der Waals surface area contributed by atoms with Crippen molar-refractivity contribution in [2.45, 2.75) is 0 Å². The second-order valence-electron chi connectivity index (χ2n) is 4.27. The fourth-order valence-electron chi connectivity index (χ4n) is 1.93. The number of aryl methyl sites for hydroxylation is 1. The van der Waals surface area contributed by atoms with Gasteiger partial charge in [0.1, 0.15) is 5.82 Å². The lowest BCUT2D eigenvalue weighted by atomic mass is 10.2. The van der Waals surface area contributed by atoms with Crippen LogP contribution in [0.4, 0.5) is 10.3 Å². The minimum absolute atomic E-state index is 0.250. The van der Waals surface area contributed by atoms with Crippen LogP contribution in [0.2, 0.25) is 0 Å². The molecule has 0 saturated heterocycles. The zero-order chi connectivity index (χ0) is 13.2. The Hall–Kier alpha value is -2.49. The lowest BCUT2D eigenvalue weighted by molar-refractivity contribution is 0.628. The average molecular weight is 253 g/mol. The number of hydrogen-bond donors (Lipinski definition) is 0. The molecular formula is C15H12FN3. The van der Waals surface area contributed by atoms with Gasteiger partial charge in [-0.1, -0.05) is 24.3 Å². The molecule has 0 aliphatic rings. The molecule has 0 N–H and O–H groups in total. The molecule has 1 aromatic heterocycles. The summed E-state index contributed by atoms with van der Waals surface area (Å²) in [5, 5.41) is 0. The van der Waals surface area contributed by atoms with E-state index < -0.39 is 0 Å². The minimum Gasteiger partial charge on any atom is -0.311 e. The lowest BCUT2D eigenvalue weighted by Crippen LogP contribution is -1.87. The number of aliphatic imine (C=N–C) groups is 1. The van der Waals surface area contributed by atoms with Gasteiger partial charge < -0.3 is 4.57 Å². The van der Waals surface area contributed by atoms with E-state index >= 15 is 0 Å². The zero-order valence-electron chi connectivity index (χ0n) is 10.4. The number of aromatic nitrogens is 2. The molecule has 0 aliphatic heterocycles. The van der Waals surface area contributed by atoms with E-state index in [2.05, 4.69) is 9.98 Å². The monoisotopic (exact) mass is 253 g/mol. The van der Waals surface area contributed by atoms with Crippen LogP contribution < -0.4 is 0 Å². The molecule has 0 radical (unpaired) electrons. The van der Waals surface area contributed by atoms with Crippen molar-refractivity contribution < 1.29 is 4.39 Å². The highest BCUT2D eigenvalue weighted by Gasteiger charge is 2.04. The number of fused-ring (bicyclic) bond motifs is 1. The molecule has 0 aliphatic carbocycles. The van der Waals surface area contributed by atoms with Gasteiger partial charge in [0, 0.05) is 13.3 Å². The third-order valence-electron chi connectivity index (χ3n) is 2.96. The molecule has 0 atom stereocenters. The van der Waals surface area contributed by atoms with Gasteiger partial charge in [0.05, 0.1) is 11.0 Å². The van der Waals surface area contributed by atoms with Crippen LogP contribution in [0.3, 0.4) is 0 Å². The molecule has 0 spiro atoms. The van der Waals surface area contributed by atoms with Crippen LogP contribution in [0.25, 0.3) is 11.0 Å². The number of benzene rings is 2. The molecule has 94 valence electrons. The quantitative estimate of drug-likeness (QED) is 0.643. The minimum atomic E-state index is -0.250. The second-order valence-corrected chi connectivity index (χ2v) is 4.27. The van der Waals surface area contributed by atoms with Crippen LogP contribution in [0.1, 0.15) is 5.56 Å². The Balaban J connectivity index is 1.97. The fourth-order valence-corrected chi connectivity index (χ4v) is 1.93. The smallest absolute Gasteiger partial charge is 0.230 e. The van der Waals surface area contributed by atoms with Gasteiger partial charge in [0.25, 0.3) is 0 Å². The summed E-state index contributed by atoms with van der Waals surface area (Å²) in [5.41, 5.74) is 2.79. The van der Waals surface area contributed by atoms with Gasteiger partial charge in [-0.3, -0.25) is 0 Å². The van der Waals surface area contributed by atoms with Gasteiger partial charge >= 0.3 is 0 Å². The number of nitrogens with zero attached hydrogens (tertiary/aromatic N) is 3. The first kappa shape index (κ1) is 11.6. The second kappa shape index (κ2) is 4.65. The Morgan fingerprint density at radius 1 is 1.11 bits per heavy atom. The van der Waals surface area contributed by atoms with Crippen molar-refractivity contribution in [1.82, 2.24) is 9.55 Å². The first-order chi connectivity index (χ1) is 9.24. The van der Waals surface area contributed by atoms with E-state index in [4.69, 9.17) is 0 Å². The molecule has 1 heterocycles. The lowest BCUT2D eigenvalue weighted by Gasteiger charge is -1.96. The van der Waals surface area contributed by atoms with E-state index in [0.717, 1.165) is 16.6 Å². The predicted molar refractivity (Wildman–Crippen MR) is 74.4 cm³/mol. The normalized spacial score (nSPS) is 11.5. The van der Waals surface area contributed by atoms with Crippen LogP contribution in [0, 0.1) is 5.82 Å². The Morgan fingerprint density at radius 3 is 2.58 bits per heavy atom. The van der Waals surface area contributed by atoms with E-state index in [-0.39, 0.29) is 5.82 Å². The van der Waals surface area contributed by atoms with Crippen LogP contribution in [0.5, 0.6) is 0 Å². The third kappa shape index (κ3) is 2.25. The predicted octanol–water partition coefficient (Wildman–Crippen LogP) is 3.46. The molecule has 19 heavy (non-hydrogen) atoms. The van der Waals surface area contributed by atoms with Crippen LogP contribution >= 0.6 is 0 Å². The highest BCUT2D eigenvalue weighted by atomic mass is 19.1. The van der Waals surface area contributed by atoms with Crippen molar-refractivity contribution in [3.8, 4) is 0 Å². The first-order valence-electron chi connectivity index (χ1n) is 5.95. The molecular weight excluding hydrogens is 241 g/mol. The highest BCUT2D eigenvalue weighted by molar-refractivity contribution is 5.83. The highest BCUT2D eigenvalue weighted by Crippen LogP contribution is 2.19. The summed E-state index contributed by atoms with van der Waals surface area (Å²) in [6.45, 7) is 0. The molecule has 2 aromatic carbocycles. The van der Waals surface area contributed by atoms with Crippen molar-refractivity contribution in [3.63, 3.8) is 0 Å². The number of para-hydroxylation sites is 2. The number of imidazole rings is 1. The van der Waals surface area contributed by atoms with E-state index in [1.165, 1.54) is 12.1 Å². The van der Waals surface area contributed by atoms with Crippen molar-refractivity contribution in [3.05, 3.63) is 59.9 Å². The average Bonchev–Trinajstić information content (AvgIpc) is 2.76. The Kier molecular flexibility index (Phi) is 2.83. The van der Waals surface area contributed by atoms with Crippen molar-refractivity contribution in [2.24, 2.45) is 12.0 Å². The molecule has 3 aromatic rings. The van der Waals surface area contributed by atoms with Gasteiger partial charge in [0.15, 0.2) is 0 Å². The van der Waals surface area contributed by atoms with E-state index in [9.17, 15) is 4.39 Å². The Labute approximate surface area is 110 Å². The van der Waals surface area contributed by atoms with E-state index in [1.54, 1.807) is 18.3 Å². The Bertz CT molecular complexity index is 742. The van der Waals surface area contributed by atoms with Crippen LogP contribution in [0.15, 0.2) is 53.5 Å². The van der Waals surface area contributed by atoms with E-state index in [1.807, 2.05) is 35.9 Å². The van der Waals surface area contributed by atoms with Crippen molar-refractivity contribution in [1.29, 1.82) is 0 Å². The molecule has 0 amide bonds. The molecule has 0 bridgehead atoms.